The molecular formula is C15H18N2O. The number of piperidine rings is 1. The summed E-state index contributed by atoms with van der Waals surface area (Å²) in [6.07, 6.45) is 4.59. The summed E-state index contributed by atoms with van der Waals surface area (Å²) in [6.45, 7) is 1.92. The lowest BCUT2D eigenvalue weighted by Gasteiger charge is -2.32. The van der Waals surface area contributed by atoms with E-state index in [0.29, 0.717) is 0 Å². The fourth-order valence-electron chi connectivity index (χ4n) is 2.97. The number of rotatable bonds is 2. The Labute approximate surface area is 108 Å². The van der Waals surface area contributed by atoms with Gasteiger partial charge in [-0.1, -0.05) is 18.2 Å². The molecule has 0 N–H and O–H groups in total. The van der Waals surface area contributed by atoms with Gasteiger partial charge in [0.15, 0.2) is 0 Å². The average molecular weight is 242 g/mol. The van der Waals surface area contributed by atoms with Crippen molar-refractivity contribution < 1.29 is 4.74 Å². The van der Waals surface area contributed by atoms with E-state index in [1.54, 1.807) is 0 Å². The lowest BCUT2D eigenvalue weighted by atomic mass is 10.0. The van der Waals surface area contributed by atoms with Crippen LogP contribution in [0, 0.1) is 11.3 Å². The van der Waals surface area contributed by atoms with Gasteiger partial charge >= 0.3 is 0 Å². The number of ether oxygens (including phenoxy) is 1. The second-order valence-electron chi connectivity index (χ2n) is 5.19. The van der Waals surface area contributed by atoms with Crippen molar-refractivity contribution in [2.24, 2.45) is 0 Å². The molecular weight excluding hydrogens is 224 g/mol. The summed E-state index contributed by atoms with van der Waals surface area (Å²) in [5.41, 5.74) is 1.30. The summed E-state index contributed by atoms with van der Waals surface area (Å²) < 4.78 is 5.95. The molecule has 0 saturated carbocycles. The van der Waals surface area contributed by atoms with E-state index in [4.69, 9.17) is 4.74 Å². The van der Waals surface area contributed by atoms with Gasteiger partial charge in [0, 0.05) is 13.0 Å². The number of hydrogen-bond donors (Lipinski definition) is 0. The van der Waals surface area contributed by atoms with Crippen molar-refractivity contribution in [3.05, 3.63) is 29.8 Å². The smallest absolute Gasteiger partial charge is 0.123 e. The molecule has 3 nitrogen and oxygen atoms in total. The van der Waals surface area contributed by atoms with Crippen molar-refractivity contribution in [1.82, 2.24) is 4.90 Å². The highest BCUT2D eigenvalue weighted by atomic mass is 16.5. The number of para-hydroxylation sites is 1. The molecule has 3 heteroatoms. The third kappa shape index (κ3) is 2.21. The zero-order valence-electron chi connectivity index (χ0n) is 10.5. The van der Waals surface area contributed by atoms with Gasteiger partial charge in [-0.15, -0.1) is 0 Å². The van der Waals surface area contributed by atoms with Crippen molar-refractivity contribution in [1.29, 1.82) is 5.26 Å². The molecule has 1 fully saturated rings. The first-order valence-electron chi connectivity index (χ1n) is 6.75. The van der Waals surface area contributed by atoms with E-state index >= 15 is 0 Å². The minimum absolute atomic E-state index is 0.0889. The molecule has 1 saturated heterocycles. The molecule has 0 bridgehead atoms. The van der Waals surface area contributed by atoms with Crippen LogP contribution >= 0.6 is 0 Å². The Morgan fingerprint density at radius 2 is 2.22 bits per heavy atom. The maximum absolute atomic E-state index is 9.18. The van der Waals surface area contributed by atoms with Gasteiger partial charge in [0.2, 0.25) is 0 Å². The number of fused-ring (bicyclic) bond motifs is 1. The SMILES string of the molecule is N#CC1CCCCN1CC1Cc2ccccc2O1. The first kappa shape index (κ1) is 11.6. The van der Waals surface area contributed by atoms with Crippen molar-refractivity contribution in [2.75, 3.05) is 13.1 Å². The van der Waals surface area contributed by atoms with E-state index < -0.39 is 0 Å². The summed E-state index contributed by atoms with van der Waals surface area (Å²) in [5.74, 6) is 1.02. The van der Waals surface area contributed by atoms with Gasteiger partial charge in [-0.3, -0.25) is 4.90 Å². The lowest BCUT2D eigenvalue weighted by Crippen LogP contribution is -2.44. The zero-order valence-corrected chi connectivity index (χ0v) is 10.5. The molecule has 0 aliphatic carbocycles. The first-order valence-corrected chi connectivity index (χ1v) is 6.75. The summed E-state index contributed by atoms with van der Waals surface area (Å²) >= 11 is 0. The third-order valence-corrected chi connectivity index (χ3v) is 3.91. The van der Waals surface area contributed by atoms with E-state index in [1.807, 2.05) is 12.1 Å². The highest BCUT2D eigenvalue weighted by Crippen LogP contribution is 2.29. The molecule has 18 heavy (non-hydrogen) atoms. The number of nitriles is 1. The van der Waals surface area contributed by atoms with Crippen LogP contribution in [0.25, 0.3) is 0 Å². The maximum Gasteiger partial charge on any atom is 0.123 e. The Morgan fingerprint density at radius 3 is 3.06 bits per heavy atom. The number of likely N-dealkylation sites (tertiary alicyclic amines) is 1. The average Bonchev–Trinajstić information content (AvgIpc) is 2.81. The quantitative estimate of drug-likeness (QED) is 0.798. The van der Waals surface area contributed by atoms with Gasteiger partial charge in [0.05, 0.1) is 12.1 Å². The first-order chi connectivity index (χ1) is 8.86. The molecule has 2 aliphatic rings. The molecule has 0 amide bonds. The number of hydrogen-bond acceptors (Lipinski definition) is 3. The summed E-state index contributed by atoms with van der Waals surface area (Å²) in [5, 5.41) is 9.18. The van der Waals surface area contributed by atoms with Crippen LogP contribution in [0.2, 0.25) is 0 Å². The number of benzene rings is 1. The minimum atomic E-state index is 0.0889. The van der Waals surface area contributed by atoms with Gasteiger partial charge in [0.25, 0.3) is 0 Å². The summed E-state index contributed by atoms with van der Waals surface area (Å²) in [7, 11) is 0. The van der Waals surface area contributed by atoms with Gasteiger partial charge in [-0.25, -0.2) is 0 Å². The van der Waals surface area contributed by atoms with Crippen LogP contribution in [-0.4, -0.2) is 30.1 Å². The minimum Gasteiger partial charge on any atom is -0.488 e. The molecule has 1 aromatic carbocycles. The topological polar surface area (TPSA) is 36.3 Å². The second kappa shape index (κ2) is 4.99. The molecule has 2 aliphatic heterocycles. The highest BCUT2D eigenvalue weighted by molar-refractivity contribution is 5.37. The van der Waals surface area contributed by atoms with E-state index in [-0.39, 0.29) is 12.1 Å². The monoisotopic (exact) mass is 242 g/mol. The van der Waals surface area contributed by atoms with E-state index in [1.165, 1.54) is 18.4 Å². The Balaban J connectivity index is 1.63. The predicted octanol–water partition coefficient (Wildman–Crippen LogP) is 2.37. The van der Waals surface area contributed by atoms with Crippen molar-refractivity contribution in [2.45, 2.75) is 37.8 Å². The molecule has 2 atom stereocenters. The molecule has 0 radical (unpaired) electrons. The van der Waals surface area contributed by atoms with Crippen LogP contribution in [0.4, 0.5) is 0 Å². The van der Waals surface area contributed by atoms with E-state index in [0.717, 1.165) is 31.7 Å². The second-order valence-corrected chi connectivity index (χ2v) is 5.19. The lowest BCUT2D eigenvalue weighted by molar-refractivity contribution is 0.111. The molecule has 2 unspecified atom stereocenters. The Bertz CT molecular complexity index is 441. The predicted molar refractivity (Wildman–Crippen MR) is 69.4 cm³/mol. The molecule has 0 aromatic heterocycles. The summed E-state index contributed by atoms with van der Waals surface area (Å²) in [6, 6.07) is 10.7. The van der Waals surface area contributed by atoms with Crippen LogP contribution in [-0.2, 0) is 6.42 Å². The zero-order chi connectivity index (χ0) is 12.4. The van der Waals surface area contributed by atoms with Crippen LogP contribution in [0.5, 0.6) is 5.75 Å². The Hall–Kier alpha value is -1.53. The van der Waals surface area contributed by atoms with Gasteiger partial charge < -0.3 is 4.74 Å². The van der Waals surface area contributed by atoms with Gasteiger partial charge in [-0.2, -0.15) is 5.26 Å². The van der Waals surface area contributed by atoms with E-state index in [9.17, 15) is 5.26 Å². The highest BCUT2D eigenvalue weighted by Gasteiger charge is 2.29. The van der Waals surface area contributed by atoms with Crippen molar-refractivity contribution in [3.8, 4) is 11.8 Å². The van der Waals surface area contributed by atoms with E-state index in [2.05, 4.69) is 23.1 Å². The molecule has 94 valence electrons. The number of nitrogens with zero attached hydrogens (tertiary/aromatic N) is 2. The van der Waals surface area contributed by atoms with Gasteiger partial charge in [0.1, 0.15) is 11.9 Å². The fraction of sp³-hybridized carbons (Fsp3) is 0.533. The standard InChI is InChI=1S/C15H18N2O/c16-10-13-6-3-4-8-17(13)11-14-9-12-5-1-2-7-15(12)18-14/h1-2,5,7,13-14H,3-4,6,8-9,11H2. The Kier molecular flexibility index (Phi) is 3.21. The van der Waals surface area contributed by atoms with Crippen molar-refractivity contribution in [3.63, 3.8) is 0 Å². The third-order valence-electron chi connectivity index (χ3n) is 3.91. The molecule has 2 heterocycles. The molecule has 3 rings (SSSR count). The molecule has 0 spiro atoms. The van der Waals surface area contributed by atoms with Gasteiger partial charge in [-0.05, 0) is 37.4 Å². The molecule has 1 aromatic rings. The fourth-order valence-corrected chi connectivity index (χ4v) is 2.97. The Morgan fingerprint density at radius 1 is 1.33 bits per heavy atom. The van der Waals surface area contributed by atoms with Crippen LogP contribution in [0.1, 0.15) is 24.8 Å². The van der Waals surface area contributed by atoms with Crippen LogP contribution < -0.4 is 4.74 Å². The van der Waals surface area contributed by atoms with Crippen LogP contribution in [0.15, 0.2) is 24.3 Å². The maximum atomic E-state index is 9.18. The summed E-state index contributed by atoms with van der Waals surface area (Å²) in [4.78, 5) is 2.29. The normalized spacial score (nSPS) is 27.3. The van der Waals surface area contributed by atoms with Crippen LogP contribution in [0.3, 0.4) is 0 Å². The van der Waals surface area contributed by atoms with Crippen molar-refractivity contribution >= 4 is 0 Å². The largest absolute Gasteiger partial charge is 0.488 e.